The van der Waals surface area contributed by atoms with Gasteiger partial charge < -0.3 is 15.5 Å². The summed E-state index contributed by atoms with van der Waals surface area (Å²) in [5.74, 6) is -0.303. The van der Waals surface area contributed by atoms with Gasteiger partial charge in [0.15, 0.2) is 0 Å². The lowest BCUT2D eigenvalue weighted by Crippen LogP contribution is -2.48. The average molecular weight is 277 g/mol. The fraction of sp³-hybridized carbons (Fsp3) is 0.562. The number of nitrogens with one attached hydrogen (secondary N) is 1. The van der Waals surface area contributed by atoms with E-state index in [2.05, 4.69) is 5.32 Å². The van der Waals surface area contributed by atoms with E-state index in [9.17, 15) is 15.0 Å². The van der Waals surface area contributed by atoms with Crippen molar-refractivity contribution in [3.8, 4) is 0 Å². The van der Waals surface area contributed by atoms with Crippen LogP contribution in [-0.2, 0) is 4.79 Å². The van der Waals surface area contributed by atoms with Gasteiger partial charge in [0.05, 0.1) is 6.10 Å². The van der Waals surface area contributed by atoms with Crippen molar-refractivity contribution in [1.82, 2.24) is 5.32 Å². The van der Waals surface area contributed by atoms with Crippen LogP contribution in [0.5, 0.6) is 0 Å². The van der Waals surface area contributed by atoms with Crippen LogP contribution >= 0.6 is 0 Å². The first-order valence-electron chi connectivity index (χ1n) is 7.27. The van der Waals surface area contributed by atoms with Gasteiger partial charge in [0.1, 0.15) is 5.60 Å². The molecule has 4 nitrogen and oxygen atoms in total. The Kier molecular flexibility index (Phi) is 4.78. The molecular formula is C16H23NO3. The van der Waals surface area contributed by atoms with Gasteiger partial charge in [-0.15, -0.1) is 0 Å². The number of amides is 1. The number of carbonyl (C=O) groups is 1. The molecule has 0 bridgehead atoms. The monoisotopic (exact) mass is 277 g/mol. The number of aliphatic hydroxyl groups is 2. The number of carbonyl (C=O) groups excluding carboxylic acids is 1. The van der Waals surface area contributed by atoms with Gasteiger partial charge in [-0.2, -0.15) is 0 Å². The standard InChI is InChI=1S/C16H23NO3/c1-12(11-14(18)13-7-3-2-4-8-13)17-15(19)16(20)9-5-6-10-16/h2-4,7-8,12,14,18,20H,5-6,9-11H2,1H3,(H,17,19). The van der Waals surface area contributed by atoms with Crippen LogP contribution in [0.1, 0.15) is 50.7 Å². The van der Waals surface area contributed by atoms with Gasteiger partial charge in [-0.3, -0.25) is 4.79 Å². The first-order valence-corrected chi connectivity index (χ1v) is 7.27. The molecule has 1 aromatic carbocycles. The number of aliphatic hydroxyl groups excluding tert-OH is 1. The molecule has 1 aliphatic carbocycles. The van der Waals surface area contributed by atoms with Gasteiger partial charge >= 0.3 is 0 Å². The maximum atomic E-state index is 12.1. The zero-order valence-electron chi connectivity index (χ0n) is 11.9. The minimum Gasteiger partial charge on any atom is -0.388 e. The van der Waals surface area contributed by atoms with Gasteiger partial charge in [0.25, 0.3) is 5.91 Å². The highest BCUT2D eigenvalue weighted by atomic mass is 16.3. The predicted molar refractivity (Wildman–Crippen MR) is 77.0 cm³/mol. The minimum absolute atomic E-state index is 0.178. The van der Waals surface area contributed by atoms with E-state index in [0.717, 1.165) is 18.4 Å². The Morgan fingerprint density at radius 1 is 1.30 bits per heavy atom. The molecule has 1 aliphatic rings. The van der Waals surface area contributed by atoms with Crippen molar-refractivity contribution >= 4 is 5.91 Å². The lowest BCUT2D eigenvalue weighted by molar-refractivity contribution is -0.140. The summed E-state index contributed by atoms with van der Waals surface area (Å²) in [6.45, 7) is 1.85. The number of hydrogen-bond acceptors (Lipinski definition) is 3. The maximum absolute atomic E-state index is 12.1. The van der Waals surface area contributed by atoms with E-state index in [-0.39, 0.29) is 11.9 Å². The highest BCUT2D eigenvalue weighted by molar-refractivity contribution is 5.85. The predicted octanol–water partition coefficient (Wildman–Crippen LogP) is 1.92. The third-order valence-corrected chi connectivity index (χ3v) is 3.99. The maximum Gasteiger partial charge on any atom is 0.252 e. The van der Waals surface area contributed by atoms with Crippen molar-refractivity contribution < 1.29 is 15.0 Å². The van der Waals surface area contributed by atoms with Crippen LogP contribution in [0.3, 0.4) is 0 Å². The number of benzene rings is 1. The third kappa shape index (κ3) is 3.58. The van der Waals surface area contributed by atoms with Gasteiger partial charge in [0.2, 0.25) is 0 Å². The molecule has 4 heteroatoms. The molecule has 1 fully saturated rings. The zero-order chi connectivity index (χ0) is 14.6. The topological polar surface area (TPSA) is 69.6 Å². The number of hydrogen-bond donors (Lipinski definition) is 3. The second kappa shape index (κ2) is 6.37. The van der Waals surface area contributed by atoms with Crippen LogP contribution in [-0.4, -0.2) is 27.8 Å². The average Bonchev–Trinajstić information content (AvgIpc) is 2.88. The Morgan fingerprint density at radius 3 is 2.50 bits per heavy atom. The second-order valence-corrected chi connectivity index (χ2v) is 5.78. The van der Waals surface area contributed by atoms with E-state index in [1.165, 1.54) is 0 Å². The summed E-state index contributed by atoms with van der Waals surface area (Å²) >= 11 is 0. The summed E-state index contributed by atoms with van der Waals surface area (Å²) in [4.78, 5) is 12.1. The molecule has 0 saturated heterocycles. The molecule has 2 rings (SSSR count). The highest BCUT2D eigenvalue weighted by Crippen LogP contribution is 2.29. The normalized spacial score (nSPS) is 20.4. The summed E-state index contributed by atoms with van der Waals surface area (Å²) in [7, 11) is 0. The van der Waals surface area contributed by atoms with E-state index in [1.807, 2.05) is 37.3 Å². The molecule has 0 spiro atoms. The van der Waals surface area contributed by atoms with Crippen LogP contribution in [0, 0.1) is 0 Å². The molecule has 3 N–H and O–H groups in total. The molecule has 1 saturated carbocycles. The van der Waals surface area contributed by atoms with Crippen LogP contribution < -0.4 is 5.32 Å². The molecular weight excluding hydrogens is 254 g/mol. The molecule has 1 aromatic rings. The fourth-order valence-electron chi connectivity index (χ4n) is 2.75. The largest absolute Gasteiger partial charge is 0.388 e. The molecule has 2 atom stereocenters. The summed E-state index contributed by atoms with van der Waals surface area (Å²) in [5, 5.41) is 23.1. The number of rotatable bonds is 5. The first-order chi connectivity index (χ1) is 9.51. The quantitative estimate of drug-likeness (QED) is 0.770. The summed E-state index contributed by atoms with van der Waals surface area (Å²) in [6, 6.07) is 9.21. The summed E-state index contributed by atoms with van der Waals surface area (Å²) in [6.07, 6.45) is 2.69. The van der Waals surface area contributed by atoms with E-state index in [1.54, 1.807) is 0 Å². The lowest BCUT2D eigenvalue weighted by atomic mass is 9.99. The Labute approximate surface area is 119 Å². The Bertz CT molecular complexity index is 440. The molecule has 20 heavy (non-hydrogen) atoms. The van der Waals surface area contributed by atoms with E-state index in [0.29, 0.717) is 19.3 Å². The van der Waals surface area contributed by atoms with Crippen molar-refractivity contribution in [1.29, 1.82) is 0 Å². The van der Waals surface area contributed by atoms with Crippen molar-refractivity contribution in [2.45, 2.75) is 56.8 Å². The highest BCUT2D eigenvalue weighted by Gasteiger charge is 2.39. The smallest absolute Gasteiger partial charge is 0.252 e. The van der Waals surface area contributed by atoms with E-state index in [4.69, 9.17) is 0 Å². The van der Waals surface area contributed by atoms with Gasteiger partial charge in [-0.1, -0.05) is 30.3 Å². The SMILES string of the molecule is CC(CC(O)c1ccccc1)NC(=O)C1(O)CCCC1. The molecule has 1 amide bonds. The van der Waals surface area contributed by atoms with Crippen LogP contribution in [0.2, 0.25) is 0 Å². The first kappa shape index (κ1) is 15.0. The van der Waals surface area contributed by atoms with Gasteiger partial charge in [-0.25, -0.2) is 0 Å². The zero-order valence-corrected chi connectivity index (χ0v) is 11.9. The van der Waals surface area contributed by atoms with Gasteiger partial charge in [-0.05, 0) is 44.6 Å². The van der Waals surface area contributed by atoms with Crippen LogP contribution in [0.15, 0.2) is 30.3 Å². The van der Waals surface area contributed by atoms with Crippen LogP contribution in [0.4, 0.5) is 0 Å². The molecule has 0 aliphatic heterocycles. The Morgan fingerprint density at radius 2 is 1.90 bits per heavy atom. The van der Waals surface area contributed by atoms with E-state index < -0.39 is 11.7 Å². The fourth-order valence-corrected chi connectivity index (χ4v) is 2.75. The molecule has 2 unspecified atom stereocenters. The Balaban J connectivity index is 1.86. The lowest BCUT2D eigenvalue weighted by Gasteiger charge is -2.25. The second-order valence-electron chi connectivity index (χ2n) is 5.78. The van der Waals surface area contributed by atoms with Crippen LogP contribution in [0.25, 0.3) is 0 Å². The molecule has 110 valence electrons. The summed E-state index contributed by atoms with van der Waals surface area (Å²) in [5.41, 5.74) is -0.362. The Hall–Kier alpha value is -1.39. The van der Waals surface area contributed by atoms with Crippen molar-refractivity contribution in [2.24, 2.45) is 0 Å². The molecule has 0 aromatic heterocycles. The van der Waals surface area contributed by atoms with Crippen molar-refractivity contribution in [3.05, 3.63) is 35.9 Å². The summed E-state index contributed by atoms with van der Waals surface area (Å²) < 4.78 is 0. The van der Waals surface area contributed by atoms with Crippen molar-refractivity contribution in [3.63, 3.8) is 0 Å². The minimum atomic E-state index is -1.20. The van der Waals surface area contributed by atoms with E-state index >= 15 is 0 Å². The van der Waals surface area contributed by atoms with Gasteiger partial charge in [0, 0.05) is 6.04 Å². The molecule has 0 heterocycles. The third-order valence-electron chi connectivity index (χ3n) is 3.99. The molecule has 0 radical (unpaired) electrons. The van der Waals surface area contributed by atoms with Crippen molar-refractivity contribution in [2.75, 3.05) is 0 Å².